The van der Waals surface area contributed by atoms with Crippen molar-refractivity contribution in [2.24, 2.45) is 7.05 Å². The molecule has 1 aromatic heterocycles. The summed E-state index contributed by atoms with van der Waals surface area (Å²) in [6, 6.07) is 0. The maximum absolute atomic E-state index is 12.5. The molecule has 0 aliphatic carbocycles. The predicted molar refractivity (Wildman–Crippen MR) is 75.9 cm³/mol. The number of hydrogen-bond acceptors (Lipinski definition) is 5. The molecule has 1 atom stereocenters. The molecule has 0 spiro atoms. The Balaban J connectivity index is 3.57. The van der Waals surface area contributed by atoms with Gasteiger partial charge < -0.3 is 0 Å². The van der Waals surface area contributed by atoms with Gasteiger partial charge in [-0.2, -0.15) is 5.10 Å². The Morgan fingerprint density at radius 2 is 1.95 bits per heavy atom. The number of alkyl halides is 1. The molecule has 0 saturated carbocycles. The van der Waals surface area contributed by atoms with Crippen LogP contribution in [0.2, 0.25) is 0 Å². The van der Waals surface area contributed by atoms with E-state index in [0.717, 1.165) is 4.68 Å². The molecular weight excluding hydrogens is 306 g/mol. The summed E-state index contributed by atoms with van der Waals surface area (Å²) in [5, 5.41) is 14.1. The van der Waals surface area contributed by atoms with Crippen molar-refractivity contribution < 1.29 is 13.3 Å². The Hall–Kier alpha value is -1.15. The Morgan fingerprint density at radius 3 is 2.35 bits per heavy atom. The number of nitro groups is 1. The molecule has 0 aliphatic rings. The van der Waals surface area contributed by atoms with Crippen LogP contribution in [0.3, 0.4) is 0 Å². The average molecular weight is 324 g/mol. The van der Waals surface area contributed by atoms with Crippen LogP contribution >= 0.6 is 11.6 Å². The summed E-state index contributed by atoms with van der Waals surface area (Å²) in [6.07, 6.45) is 0.225. The van der Waals surface area contributed by atoms with Crippen LogP contribution in [0.1, 0.15) is 38.8 Å². The van der Waals surface area contributed by atoms with Crippen molar-refractivity contribution in [3.63, 3.8) is 0 Å². The first-order valence-electron chi connectivity index (χ1n) is 6.15. The van der Waals surface area contributed by atoms with Gasteiger partial charge in [0.05, 0.1) is 10.2 Å². The minimum Gasteiger partial charge on any atom is -0.258 e. The lowest BCUT2D eigenvalue weighted by Crippen LogP contribution is -2.22. The third kappa shape index (κ3) is 2.95. The van der Waals surface area contributed by atoms with E-state index in [2.05, 4.69) is 5.10 Å². The Morgan fingerprint density at radius 1 is 1.40 bits per heavy atom. The van der Waals surface area contributed by atoms with E-state index in [-0.39, 0.29) is 28.9 Å². The Labute approximate surface area is 123 Å². The van der Waals surface area contributed by atoms with E-state index in [4.69, 9.17) is 11.6 Å². The number of aromatic nitrogens is 2. The summed E-state index contributed by atoms with van der Waals surface area (Å²) >= 11 is 5.57. The Bertz CT molecular complexity index is 609. The third-order valence-corrected chi connectivity index (χ3v) is 5.55. The van der Waals surface area contributed by atoms with Gasteiger partial charge in [0.1, 0.15) is 5.69 Å². The molecule has 9 heteroatoms. The van der Waals surface area contributed by atoms with Crippen molar-refractivity contribution in [3.8, 4) is 0 Å². The minimum atomic E-state index is -3.85. The standard InChI is InChI=1S/C11H18ClN3O4S/c1-7(2)9-10(15(16)17)11(14(4)13-9)20(18,19)8(3)5-6-12/h7-8H,5-6H2,1-4H3. The predicted octanol–water partition coefficient (Wildman–Crippen LogP) is 2.24. The van der Waals surface area contributed by atoms with Crippen molar-refractivity contribution in [1.82, 2.24) is 9.78 Å². The lowest BCUT2D eigenvalue weighted by molar-refractivity contribution is -0.388. The highest BCUT2D eigenvalue weighted by atomic mass is 35.5. The van der Waals surface area contributed by atoms with Gasteiger partial charge in [0, 0.05) is 18.8 Å². The molecule has 0 N–H and O–H groups in total. The highest BCUT2D eigenvalue weighted by Gasteiger charge is 2.38. The third-order valence-electron chi connectivity index (χ3n) is 3.04. The first-order valence-corrected chi connectivity index (χ1v) is 8.23. The summed E-state index contributed by atoms with van der Waals surface area (Å²) in [5.41, 5.74) is -0.252. The van der Waals surface area contributed by atoms with Crippen molar-refractivity contribution in [2.75, 3.05) is 5.88 Å². The molecule has 0 fully saturated rings. The highest BCUT2D eigenvalue weighted by molar-refractivity contribution is 7.92. The molecular formula is C11H18ClN3O4S. The SMILES string of the molecule is CC(C)c1nn(C)c(S(=O)(=O)C(C)CCCl)c1[N+](=O)[O-]. The van der Waals surface area contributed by atoms with Crippen LogP contribution in [0.25, 0.3) is 0 Å². The number of halogens is 1. The van der Waals surface area contributed by atoms with Crippen molar-refractivity contribution >= 4 is 27.1 Å². The molecule has 1 heterocycles. The fraction of sp³-hybridized carbons (Fsp3) is 0.727. The van der Waals surface area contributed by atoms with Crippen molar-refractivity contribution in [2.45, 2.75) is 43.4 Å². The fourth-order valence-electron chi connectivity index (χ4n) is 1.90. The molecule has 0 aliphatic heterocycles. The van der Waals surface area contributed by atoms with Crippen LogP contribution < -0.4 is 0 Å². The van der Waals surface area contributed by atoms with Crippen LogP contribution in [0.5, 0.6) is 0 Å². The molecule has 0 saturated heterocycles. The second-order valence-corrected chi connectivity index (χ2v) is 7.57. The highest BCUT2D eigenvalue weighted by Crippen LogP contribution is 2.34. The van der Waals surface area contributed by atoms with Crippen LogP contribution in [-0.2, 0) is 16.9 Å². The molecule has 114 valence electrons. The zero-order valence-corrected chi connectivity index (χ0v) is 13.4. The average Bonchev–Trinajstić information content (AvgIpc) is 2.68. The number of sulfone groups is 1. The summed E-state index contributed by atoms with van der Waals surface area (Å²) < 4.78 is 26.0. The molecule has 0 radical (unpaired) electrons. The molecule has 1 aromatic rings. The lowest BCUT2D eigenvalue weighted by atomic mass is 10.1. The van der Waals surface area contributed by atoms with E-state index < -0.39 is 25.7 Å². The second-order valence-electron chi connectivity index (χ2n) is 4.91. The maximum atomic E-state index is 12.5. The summed E-state index contributed by atoms with van der Waals surface area (Å²) in [6.45, 7) is 4.95. The van der Waals surface area contributed by atoms with Crippen molar-refractivity contribution in [1.29, 1.82) is 0 Å². The summed E-state index contributed by atoms with van der Waals surface area (Å²) in [4.78, 5) is 10.6. The topological polar surface area (TPSA) is 95.1 Å². The van der Waals surface area contributed by atoms with Crippen LogP contribution in [-0.4, -0.2) is 34.3 Å². The summed E-state index contributed by atoms with van der Waals surface area (Å²) in [7, 11) is -2.44. The monoisotopic (exact) mass is 323 g/mol. The van der Waals surface area contributed by atoms with Crippen LogP contribution in [0.4, 0.5) is 5.69 Å². The van der Waals surface area contributed by atoms with Gasteiger partial charge in [-0.05, 0) is 13.3 Å². The first-order chi connectivity index (χ1) is 9.14. The largest absolute Gasteiger partial charge is 0.329 e. The van der Waals surface area contributed by atoms with E-state index in [9.17, 15) is 18.5 Å². The molecule has 0 amide bonds. The smallest absolute Gasteiger partial charge is 0.258 e. The molecule has 1 rings (SSSR count). The van der Waals surface area contributed by atoms with E-state index in [1.807, 2.05) is 0 Å². The second kappa shape index (κ2) is 6.09. The lowest BCUT2D eigenvalue weighted by Gasteiger charge is -2.10. The van der Waals surface area contributed by atoms with E-state index in [1.54, 1.807) is 13.8 Å². The molecule has 1 unspecified atom stereocenters. The van der Waals surface area contributed by atoms with Gasteiger partial charge in [0.2, 0.25) is 14.9 Å². The molecule has 7 nitrogen and oxygen atoms in total. The van der Waals surface area contributed by atoms with Gasteiger partial charge in [-0.15, -0.1) is 11.6 Å². The number of aryl methyl sites for hydroxylation is 1. The van der Waals surface area contributed by atoms with Crippen LogP contribution in [0.15, 0.2) is 5.03 Å². The quantitative estimate of drug-likeness (QED) is 0.454. The van der Waals surface area contributed by atoms with Gasteiger partial charge in [-0.1, -0.05) is 13.8 Å². The Kier molecular flexibility index (Phi) is 5.15. The molecule has 0 aromatic carbocycles. The van der Waals surface area contributed by atoms with Crippen molar-refractivity contribution in [3.05, 3.63) is 15.8 Å². The number of nitrogens with zero attached hydrogens (tertiary/aromatic N) is 3. The van der Waals surface area contributed by atoms with Gasteiger partial charge in [0.15, 0.2) is 0 Å². The maximum Gasteiger partial charge on any atom is 0.329 e. The zero-order valence-electron chi connectivity index (χ0n) is 11.8. The zero-order chi connectivity index (χ0) is 15.7. The number of hydrogen-bond donors (Lipinski definition) is 0. The minimum absolute atomic E-state index is 0.170. The van der Waals surface area contributed by atoms with Gasteiger partial charge >= 0.3 is 5.69 Å². The normalized spacial score (nSPS) is 13.7. The van der Waals surface area contributed by atoms with Gasteiger partial charge in [-0.25, -0.2) is 8.42 Å². The van der Waals surface area contributed by atoms with E-state index in [0.29, 0.717) is 0 Å². The fourth-order valence-corrected chi connectivity index (χ4v) is 4.02. The molecule has 0 bridgehead atoms. The first kappa shape index (κ1) is 16.9. The van der Waals surface area contributed by atoms with Crippen LogP contribution in [0, 0.1) is 10.1 Å². The van der Waals surface area contributed by atoms with Gasteiger partial charge in [-0.3, -0.25) is 14.8 Å². The van der Waals surface area contributed by atoms with E-state index >= 15 is 0 Å². The molecule has 20 heavy (non-hydrogen) atoms. The van der Waals surface area contributed by atoms with Gasteiger partial charge in [0.25, 0.3) is 0 Å². The van der Waals surface area contributed by atoms with E-state index in [1.165, 1.54) is 14.0 Å². The number of rotatable bonds is 6. The summed E-state index contributed by atoms with van der Waals surface area (Å²) in [5.74, 6) is -0.0720.